The number of nitrogens with zero attached hydrogens (tertiary/aromatic N) is 2. The third kappa shape index (κ3) is 3.09. The van der Waals surface area contributed by atoms with E-state index in [1.54, 1.807) is 18.5 Å². The molecule has 4 nitrogen and oxygen atoms in total. The van der Waals surface area contributed by atoms with E-state index >= 15 is 0 Å². The summed E-state index contributed by atoms with van der Waals surface area (Å²) in [5.41, 5.74) is 4.67. The fourth-order valence-corrected chi connectivity index (χ4v) is 3.94. The molecule has 2 heterocycles. The Hall–Kier alpha value is -3.05. The molecule has 0 radical (unpaired) electrons. The minimum absolute atomic E-state index is 0.207. The Morgan fingerprint density at radius 3 is 2.50 bits per heavy atom. The van der Waals surface area contributed by atoms with Crippen LogP contribution in [0.2, 0.25) is 0 Å². The van der Waals surface area contributed by atoms with Crippen LogP contribution in [0, 0.1) is 6.92 Å². The SMILES string of the molecule is Cc1ccc(Cn2cnc(=O)c3sc(-c4ccc(C=O)cc4)cc32)cc1. The van der Waals surface area contributed by atoms with Crippen LogP contribution in [-0.2, 0) is 6.54 Å². The highest BCUT2D eigenvalue weighted by Crippen LogP contribution is 2.31. The zero-order valence-corrected chi connectivity index (χ0v) is 15.0. The summed E-state index contributed by atoms with van der Waals surface area (Å²) >= 11 is 1.43. The number of aldehydes is 1. The Morgan fingerprint density at radius 1 is 1.08 bits per heavy atom. The van der Waals surface area contributed by atoms with Crippen molar-refractivity contribution in [3.05, 3.63) is 88.0 Å². The summed E-state index contributed by atoms with van der Waals surface area (Å²) < 4.78 is 2.65. The molecule has 0 aliphatic rings. The molecule has 0 fully saturated rings. The lowest BCUT2D eigenvalue weighted by atomic mass is 10.1. The topological polar surface area (TPSA) is 52.0 Å². The van der Waals surface area contributed by atoms with Gasteiger partial charge in [0.2, 0.25) is 0 Å². The van der Waals surface area contributed by atoms with Crippen molar-refractivity contribution in [3.8, 4) is 10.4 Å². The lowest BCUT2D eigenvalue weighted by molar-refractivity contribution is 0.112. The minimum Gasteiger partial charge on any atom is -0.326 e. The lowest BCUT2D eigenvalue weighted by Crippen LogP contribution is -2.11. The van der Waals surface area contributed by atoms with Gasteiger partial charge in [-0.25, -0.2) is 0 Å². The molecule has 26 heavy (non-hydrogen) atoms. The van der Waals surface area contributed by atoms with Crippen LogP contribution in [0.3, 0.4) is 0 Å². The quantitative estimate of drug-likeness (QED) is 0.510. The molecule has 0 N–H and O–H groups in total. The number of aryl methyl sites for hydroxylation is 1. The van der Waals surface area contributed by atoms with E-state index in [1.807, 2.05) is 22.8 Å². The molecule has 0 aliphatic heterocycles. The first-order valence-electron chi connectivity index (χ1n) is 8.24. The number of benzene rings is 2. The molecule has 0 saturated heterocycles. The standard InChI is InChI=1S/C21H16N2O2S/c1-14-2-4-15(5-3-14)11-23-13-22-21(25)20-18(23)10-19(26-20)17-8-6-16(12-24)7-9-17/h2-10,12-13H,11H2,1H3. The Kier molecular flexibility index (Phi) is 4.22. The third-order valence-corrected chi connectivity index (χ3v) is 5.50. The van der Waals surface area contributed by atoms with Gasteiger partial charge in [0.1, 0.15) is 11.0 Å². The first-order chi connectivity index (χ1) is 12.6. The predicted octanol–water partition coefficient (Wildman–Crippen LogP) is 4.29. The van der Waals surface area contributed by atoms with Crippen molar-refractivity contribution in [1.82, 2.24) is 9.55 Å². The van der Waals surface area contributed by atoms with Crippen LogP contribution in [0.5, 0.6) is 0 Å². The Labute approximate surface area is 154 Å². The van der Waals surface area contributed by atoms with Crippen LogP contribution in [0.4, 0.5) is 0 Å². The van der Waals surface area contributed by atoms with Gasteiger partial charge in [0.25, 0.3) is 5.56 Å². The molecule has 0 unspecified atom stereocenters. The van der Waals surface area contributed by atoms with E-state index in [9.17, 15) is 9.59 Å². The monoisotopic (exact) mass is 360 g/mol. The molecule has 4 aromatic rings. The minimum atomic E-state index is -0.207. The Morgan fingerprint density at radius 2 is 1.81 bits per heavy atom. The van der Waals surface area contributed by atoms with Gasteiger partial charge < -0.3 is 4.57 Å². The number of fused-ring (bicyclic) bond motifs is 1. The molecule has 128 valence electrons. The summed E-state index contributed by atoms with van der Waals surface area (Å²) in [6, 6.07) is 17.7. The zero-order chi connectivity index (χ0) is 18.1. The number of hydrogen-bond donors (Lipinski definition) is 0. The molecule has 0 spiro atoms. The van der Waals surface area contributed by atoms with Gasteiger partial charge in [0.15, 0.2) is 0 Å². The van der Waals surface area contributed by atoms with Gasteiger partial charge in [-0.2, -0.15) is 4.98 Å². The first kappa shape index (κ1) is 16.4. The van der Waals surface area contributed by atoms with E-state index in [0.717, 1.165) is 27.8 Å². The Balaban J connectivity index is 1.78. The molecular formula is C21H16N2O2S. The average molecular weight is 360 g/mol. The van der Waals surface area contributed by atoms with E-state index in [-0.39, 0.29) is 5.56 Å². The van der Waals surface area contributed by atoms with Crippen molar-refractivity contribution in [3.63, 3.8) is 0 Å². The fourth-order valence-electron chi connectivity index (χ4n) is 2.88. The highest BCUT2D eigenvalue weighted by atomic mass is 32.1. The highest BCUT2D eigenvalue weighted by molar-refractivity contribution is 7.22. The Bertz CT molecular complexity index is 1140. The average Bonchev–Trinajstić information content (AvgIpc) is 3.12. The summed E-state index contributed by atoms with van der Waals surface area (Å²) in [6.07, 6.45) is 2.43. The van der Waals surface area contributed by atoms with Gasteiger partial charge in [-0.3, -0.25) is 9.59 Å². The van der Waals surface area contributed by atoms with Crippen LogP contribution in [0.25, 0.3) is 20.7 Å². The maximum Gasteiger partial charge on any atom is 0.290 e. The number of hydrogen-bond acceptors (Lipinski definition) is 4. The number of aromatic nitrogens is 2. The summed E-state index contributed by atoms with van der Waals surface area (Å²) in [5.74, 6) is 0. The van der Waals surface area contributed by atoms with Crippen LogP contribution >= 0.6 is 11.3 Å². The van der Waals surface area contributed by atoms with Crippen molar-refractivity contribution in [1.29, 1.82) is 0 Å². The van der Waals surface area contributed by atoms with Gasteiger partial charge in [-0.15, -0.1) is 11.3 Å². The largest absolute Gasteiger partial charge is 0.326 e. The smallest absolute Gasteiger partial charge is 0.290 e. The highest BCUT2D eigenvalue weighted by Gasteiger charge is 2.11. The molecule has 5 heteroatoms. The van der Waals surface area contributed by atoms with Gasteiger partial charge in [-0.05, 0) is 24.1 Å². The lowest BCUT2D eigenvalue weighted by Gasteiger charge is -2.07. The van der Waals surface area contributed by atoms with Crippen LogP contribution < -0.4 is 5.56 Å². The zero-order valence-electron chi connectivity index (χ0n) is 14.2. The van der Waals surface area contributed by atoms with Gasteiger partial charge >= 0.3 is 0 Å². The van der Waals surface area contributed by atoms with E-state index in [4.69, 9.17) is 0 Å². The third-order valence-electron chi connectivity index (χ3n) is 4.34. The molecule has 0 atom stereocenters. The van der Waals surface area contributed by atoms with Gasteiger partial charge in [-0.1, -0.05) is 54.1 Å². The molecule has 4 rings (SSSR count). The normalized spacial score (nSPS) is 11.0. The van der Waals surface area contributed by atoms with Crippen molar-refractivity contribution in [2.24, 2.45) is 0 Å². The van der Waals surface area contributed by atoms with E-state index in [1.165, 1.54) is 16.9 Å². The van der Waals surface area contributed by atoms with Crippen molar-refractivity contribution < 1.29 is 4.79 Å². The second kappa shape index (κ2) is 6.69. The molecule has 0 saturated carbocycles. The molecule has 2 aromatic carbocycles. The maximum atomic E-state index is 12.2. The number of carbonyl (C=O) groups excluding carboxylic acids is 1. The van der Waals surface area contributed by atoms with Crippen molar-refractivity contribution in [2.75, 3.05) is 0 Å². The molecule has 0 aliphatic carbocycles. The second-order valence-corrected chi connectivity index (χ2v) is 7.28. The summed E-state index contributed by atoms with van der Waals surface area (Å²) in [7, 11) is 0. The molecule has 0 amide bonds. The summed E-state index contributed by atoms with van der Waals surface area (Å²) in [5, 5.41) is 0. The van der Waals surface area contributed by atoms with E-state index < -0.39 is 0 Å². The fraction of sp³-hybridized carbons (Fsp3) is 0.0952. The number of carbonyl (C=O) groups is 1. The number of rotatable bonds is 4. The molecule has 2 aromatic heterocycles. The van der Waals surface area contributed by atoms with Crippen LogP contribution in [-0.4, -0.2) is 15.8 Å². The van der Waals surface area contributed by atoms with Crippen LogP contribution in [0.15, 0.2) is 65.7 Å². The number of thiophene rings is 1. The van der Waals surface area contributed by atoms with Gasteiger partial charge in [0.05, 0.1) is 11.8 Å². The predicted molar refractivity (Wildman–Crippen MR) is 105 cm³/mol. The molecule has 0 bridgehead atoms. The van der Waals surface area contributed by atoms with E-state index in [0.29, 0.717) is 16.8 Å². The second-order valence-electron chi connectivity index (χ2n) is 6.23. The van der Waals surface area contributed by atoms with Crippen LogP contribution in [0.1, 0.15) is 21.5 Å². The summed E-state index contributed by atoms with van der Waals surface area (Å²) in [4.78, 5) is 28.1. The maximum absolute atomic E-state index is 12.2. The van der Waals surface area contributed by atoms with E-state index in [2.05, 4.69) is 36.2 Å². The van der Waals surface area contributed by atoms with Crippen molar-refractivity contribution in [2.45, 2.75) is 13.5 Å². The van der Waals surface area contributed by atoms with Crippen molar-refractivity contribution >= 4 is 27.8 Å². The van der Waals surface area contributed by atoms with Gasteiger partial charge in [0, 0.05) is 17.0 Å². The first-order valence-corrected chi connectivity index (χ1v) is 9.06. The molecular weight excluding hydrogens is 344 g/mol. The summed E-state index contributed by atoms with van der Waals surface area (Å²) in [6.45, 7) is 2.72.